The quantitative estimate of drug-likeness (QED) is 0.474. The summed E-state index contributed by atoms with van der Waals surface area (Å²) in [6.45, 7) is 1.93. The third-order valence-electron chi connectivity index (χ3n) is 3.85. The predicted molar refractivity (Wildman–Crippen MR) is 91.2 cm³/mol. The van der Waals surface area contributed by atoms with Gasteiger partial charge < -0.3 is 5.11 Å². The second-order valence-electron chi connectivity index (χ2n) is 5.35. The van der Waals surface area contributed by atoms with Gasteiger partial charge in [-0.15, -0.1) is 11.3 Å². The Morgan fingerprint density at radius 2 is 1.57 bits per heavy atom. The summed E-state index contributed by atoms with van der Waals surface area (Å²) in [5.74, 6) is 0.361. The largest absolute Gasteiger partial charge is 0.508 e. The first kappa shape index (κ1) is 12.4. The Balaban J connectivity index is 1.97. The smallest absolute Gasteiger partial charge is 0.119 e. The van der Waals surface area contributed by atoms with Gasteiger partial charge in [0.1, 0.15) is 5.75 Å². The van der Waals surface area contributed by atoms with Gasteiger partial charge in [-0.2, -0.15) is 0 Å². The summed E-state index contributed by atoms with van der Waals surface area (Å²) in [6.07, 6.45) is 0. The van der Waals surface area contributed by atoms with Crippen molar-refractivity contribution in [1.29, 1.82) is 0 Å². The van der Waals surface area contributed by atoms with Crippen LogP contribution in [0.25, 0.3) is 31.3 Å². The fourth-order valence-corrected chi connectivity index (χ4v) is 3.78. The van der Waals surface area contributed by atoms with Crippen LogP contribution in [0.3, 0.4) is 0 Å². The summed E-state index contributed by atoms with van der Waals surface area (Å²) in [4.78, 5) is 1.28. The molecule has 0 aliphatic carbocycles. The summed E-state index contributed by atoms with van der Waals surface area (Å²) in [7, 11) is 0. The van der Waals surface area contributed by atoms with Gasteiger partial charge in [0.25, 0.3) is 0 Å². The monoisotopic (exact) mass is 290 g/mol. The van der Waals surface area contributed by atoms with Crippen LogP contribution in [-0.4, -0.2) is 5.11 Å². The van der Waals surface area contributed by atoms with Gasteiger partial charge in [-0.05, 0) is 64.5 Å². The van der Waals surface area contributed by atoms with E-state index in [-0.39, 0.29) is 0 Å². The summed E-state index contributed by atoms with van der Waals surface area (Å²) in [6, 6.07) is 21.0. The molecule has 1 N–H and O–H groups in total. The first-order valence-electron chi connectivity index (χ1n) is 6.93. The van der Waals surface area contributed by atoms with E-state index in [9.17, 15) is 5.11 Å². The lowest BCUT2D eigenvalue weighted by atomic mass is 10.0. The number of aryl methyl sites for hydroxylation is 1. The van der Waals surface area contributed by atoms with Gasteiger partial charge >= 0.3 is 0 Å². The molecule has 0 aliphatic rings. The summed E-state index contributed by atoms with van der Waals surface area (Å²) >= 11 is 1.81. The van der Waals surface area contributed by atoms with Crippen molar-refractivity contribution in [2.45, 2.75) is 6.92 Å². The third-order valence-corrected chi connectivity index (χ3v) is 5.00. The lowest BCUT2D eigenvalue weighted by molar-refractivity contribution is 0.472. The van der Waals surface area contributed by atoms with E-state index in [1.54, 1.807) is 0 Å². The Kier molecular flexibility index (Phi) is 2.72. The van der Waals surface area contributed by atoms with Gasteiger partial charge in [0.15, 0.2) is 0 Å². The molecule has 0 fully saturated rings. The zero-order chi connectivity index (χ0) is 14.4. The summed E-state index contributed by atoms with van der Waals surface area (Å²) < 4.78 is 1.28. The number of benzene rings is 3. The first-order valence-corrected chi connectivity index (χ1v) is 7.75. The van der Waals surface area contributed by atoms with Crippen LogP contribution in [-0.2, 0) is 0 Å². The second-order valence-corrected chi connectivity index (χ2v) is 6.44. The molecule has 0 atom stereocenters. The molecule has 1 nitrogen and oxygen atoms in total. The van der Waals surface area contributed by atoms with Crippen LogP contribution in [0.1, 0.15) is 5.56 Å². The highest BCUT2D eigenvalue weighted by Crippen LogP contribution is 2.36. The number of hydrogen-bond donors (Lipinski definition) is 1. The number of aromatic hydroxyl groups is 1. The lowest BCUT2D eigenvalue weighted by Gasteiger charge is -2.03. The van der Waals surface area contributed by atoms with Gasteiger partial charge in [-0.3, -0.25) is 0 Å². The molecule has 1 heterocycles. The molecule has 0 saturated carbocycles. The Hall–Kier alpha value is -2.32. The molecule has 3 aromatic carbocycles. The van der Waals surface area contributed by atoms with E-state index in [1.807, 2.05) is 36.5 Å². The molecule has 0 spiro atoms. The highest BCUT2D eigenvalue weighted by molar-refractivity contribution is 7.22. The van der Waals surface area contributed by atoms with Crippen LogP contribution in [0.2, 0.25) is 0 Å². The van der Waals surface area contributed by atoms with Crippen LogP contribution in [0.15, 0.2) is 60.7 Å². The van der Waals surface area contributed by atoms with E-state index in [2.05, 4.69) is 42.5 Å². The maximum Gasteiger partial charge on any atom is 0.119 e. The fraction of sp³-hybridized carbons (Fsp3) is 0.0526. The maximum absolute atomic E-state index is 9.88. The van der Waals surface area contributed by atoms with Crippen molar-refractivity contribution in [3.8, 4) is 16.2 Å². The molecule has 0 unspecified atom stereocenters. The molecule has 102 valence electrons. The number of thiophene rings is 1. The first-order chi connectivity index (χ1) is 10.2. The third kappa shape index (κ3) is 2.08. The average Bonchev–Trinajstić information content (AvgIpc) is 2.90. The van der Waals surface area contributed by atoms with Crippen molar-refractivity contribution in [2.24, 2.45) is 0 Å². The minimum Gasteiger partial charge on any atom is -0.508 e. The molecular weight excluding hydrogens is 276 g/mol. The van der Waals surface area contributed by atoms with Gasteiger partial charge in [0, 0.05) is 9.58 Å². The topological polar surface area (TPSA) is 20.2 Å². The number of fused-ring (bicyclic) bond motifs is 2. The van der Waals surface area contributed by atoms with E-state index in [4.69, 9.17) is 0 Å². The van der Waals surface area contributed by atoms with Crippen molar-refractivity contribution in [1.82, 2.24) is 0 Å². The zero-order valence-corrected chi connectivity index (χ0v) is 12.4. The van der Waals surface area contributed by atoms with Crippen LogP contribution in [0.5, 0.6) is 5.75 Å². The molecular formula is C19H14OS. The highest BCUT2D eigenvalue weighted by Gasteiger charge is 2.07. The van der Waals surface area contributed by atoms with E-state index in [0.717, 1.165) is 10.9 Å². The molecule has 0 bridgehead atoms. The molecule has 0 radical (unpaired) electrons. The Morgan fingerprint density at radius 1 is 0.810 bits per heavy atom. The van der Waals surface area contributed by atoms with Gasteiger partial charge in [-0.1, -0.05) is 30.3 Å². The number of rotatable bonds is 1. The number of phenols is 1. The Labute approximate surface area is 127 Å². The zero-order valence-electron chi connectivity index (χ0n) is 11.6. The molecule has 2 heteroatoms. The second kappa shape index (κ2) is 4.61. The van der Waals surface area contributed by atoms with E-state index < -0.39 is 0 Å². The molecule has 0 saturated heterocycles. The van der Waals surface area contributed by atoms with Gasteiger partial charge in [0.05, 0.1) is 0 Å². The van der Waals surface area contributed by atoms with Crippen LogP contribution in [0.4, 0.5) is 0 Å². The minimum atomic E-state index is 0.361. The number of phenolic OH excluding ortho intramolecular Hbond substituents is 1. The average molecular weight is 290 g/mol. The SMILES string of the molecule is Cc1cc2cc3sc(-c4ccccc4)cc3cc2cc1O. The minimum absolute atomic E-state index is 0.361. The molecule has 4 aromatic rings. The molecule has 0 amide bonds. The van der Waals surface area contributed by atoms with E-state index in [1.165, 1.54) is 25.9 Å². The summed E-state index contributed by atoms with van der Waals surface area (Å²) in [5.41, 5.74) is 2.17. The number of hydrogen-bond acceptors (Lipinski definition) is 2. The van der Waals surface area contributed by atoms with Gasteiger partial charge in [0.2, 0.25) is 0 Å². The Morgan fingerprint density at radius 3 is 2.38 bits per heavy atom. The Bertz CT molecular complexity index is 893. The van der Waals surface area contributed by atoms with Gasteiger partial charge in [-0.25, -0.2) is 0 Å². The highest BCUT2D eigenvalue weighted by atomic mass is 32.1. The van der Waals surface area contributed by atoms with Crippen molar-refractivity contribution >= 4 is 32.2 Å². The molecule has 0 aliphatic heterocycles. The standard InChI is InChI=1S/C19H14OS/c1-12-7-14-10-19-16(8-15(14)9-17(12)20)11-18(21-19)13-5-3-2-4-6-13/h2-11,20H,1H3. The fourth-order valence-electron chi connectivity index (χ4n) is 2.68. The predicted octanol–water partition coefficient (Wildman–Crippen LogP) is 5.74. The van der Waals surface area contributed by atoms with Crippen molar-refractivity contribution in [3.05, 3.63) is 66.2 Å². The summed E-state index contributed by atoms with van der Waals surface area (Å²) in [5, 5.41) is 13.4. The van der Waals surface area contributed by atoms with Crippen LogP contribution >= 0.6 is 11.3 Å². The molecule has 21 heavy (non-hydrogen) atoms. The molecule has 4 rings (SSSR count). The normalized spacial score (nSPS) is 11.3. The van der Waals surface area contributed by atoms with Crippen LogP contribution in [0, 0.1) is 6.92 Å². The lowest BCUT2D eigenvalue weighted by Crippen LogP contribution is -1.77. The van der Waals surface area contributed by atoms with Crippen molar-refractivity contribution < 1.29 is 5.11 Å². The maximum atomic E-state index is 9.88. The van der Waals surface area contributed by atoms with E-state index >= 15 is 0 Å². The van der Waals surface area contributed by atoms with Crippen LogP contribution < -0.4 is 0 Å². The molecule has 1 aromatic heterocycles. The van der Waals surface area contributed by atoms with Crippen molar-refractivity contribution in [2.75, 3.05) is 0 Å². The van der Waals surface area contributed by atoms with E-state index in [0.29, 0.717) is 5.75 Å². The van der Waals surface area contributed by atoms with Crippen molar-refractivity contribution in [3.63, 3.8) is 0 Å².